The van der Waals surface area contributed by atoms with E-state index in [4.69, 9.17) is 0 Å². The minimum Gasteiger partial charge on any atom is -0.206 e. The summed E-state index contributed by atoms with van der Waals surface area (Å²) in [5.74, 6) is -0.152. The predicted octanol–water partition coefficient (Wildman–Crippen LogP) is 3.87. The number of fused-ring (bicyclic) bond motifs is 1. The van der Waals surface area contributed by atoms with Gasteiger partial charge in [0.15, 0.2) is 0 Å². The van der Waals surface area contributed by atoms with E-state index in [0.717, 1.165) is 16.3 Å². The molecule has 0 spiro atoms. The van der Waals surface area contributed by atoms with Gasteiger partial charge in [-0.2, -0.15) is 0 Å². The number of hydrogen-bond acceptors (Lipinski definition) is 0. The first-order valence-corrected chi connectivity index (χ1v) is 5.16. The van der Waals surface area contributed by atoms with Crippen LogP contribution in [-0.4, -0.2) is 0 Å². The molecule has 0 nitrogen and oxygen atoms in total. The van der Waals surface area contributed by atoms with Crippen LogP contribution in [-0.2, 0) is 5.33 Å². The van der Waals surface area contributed by atoms with Crippen LogP contribution in [0, 0.1) is 5.82 Å². The highest BCUT2D eigenvalue weighted by molar-refractivity contribution is 9.08. The fourth-order valence-corrected chi connectivity index (χ4v) is 1.71. The fraction of sp³-hybridized carbons (Fsp3) is 0.0909. The van der Waals surface area contributed by atoms with Gasteiger partial charge < -0.3 is 0 Å². The van der Waals surface area contributed by atoms with Gasteiger partial charge in [0.1, 0.15) is 5.82 Å². The van der Waals surface area contributed by atoms with E-state index >= 15 is 0 Å². The highest BCUT2D eigenvalue weighted by Gasteiger charge is 1.99. The smallest absolute Gasteiger partial charge is 0.131 e. The molecule has 0 saturated heterocycles. The Morgan fingerprint density at radius 3 is 2.77 bits per heavy atom. The number of halogens is 2. The third-order valence-electron chi connectivity index (χ3n) is 2.05. The lowest BCUT2D eigenvalue weighted by Gasteiger charge is -2.01. The Kier molecular flexibility index (Phi) is 2.32. The lowest BCUT2D eigenvalue weighted by Crippen LogP contribution is -1.82. The van der Waals surface area contributed by atoms with Crippen molar-refractivity contribution in [3.8, 4) is 0 Å². The van der Waals surface area contributed by atoms with E-state index in [-0.39, 0.29) is 5.82 Å². The lowest BCUT2D eigenvalue weighted by molar-refractivity contribution is 0.640. The van der Waals surface area contributed by atoms with Gasteiger partial charge in [-0.25, -0.2) is 4.39 Å². The normalized spacial score (nSPS) is 10.6. The number of rotatable bonds is 1. The van der Waals surface area contributed by atoms with Gasteiger partial charge in [0, 0.05) is 10.7 Å². The highest BCUT2D eigenvalue weighted by atomic mass is 79.9. The molecule has 0 unspecified atom stereocenters. The number of hydrogen-bond donors (Lipinski definition) is 0. The van der Waals surface area contributed by atoms with Crippen LogP contribution >= 0.6 is 15.9 Å². The second kappa shape index (κ2) is 3.46. The molecule has 2 rings (SSSR count). The summed E-state index contributed by atoms with van der Waals surface area (Å²) >= 11 is 3.35. The maximum atomic E-state index is 13.3. The highest BCUT2D eigenvalue weighted by Crippen LogP contribution is 2.20. The van der Waals surface area contributed by atoms with E-state index in [1.165, 1.54) is 6.07 Å². The van der Waals surface area contributed by atoms with Crippen molar-refractivity contribution in [2.75, 3.05) is 0 Å². The average molecular weight is 239 g/mol. The zero-order chi connectivity index (χ0) is 9.26. The molecule has 2 aromatic carbocycles. The SMILES string of the molecule is Fc1cccc2ccc(CBr)cc12. The third-order valence-corrected chi connectivity index (χ3v) is 2.70. The molecule has 0 atom stereocenters. The minimum absolute atomic E-state index is 0.152. The second-order valence-corrected chi connectivity index (χ2v) is 3.49. The molecule has 0 aliphatic heterocycles. The summed E-state index contributed by atoms with van der Waals surface area (Å²) in [7, 11) is 0. The van der Waals surface area contributed by atoms with Crippen molar-refractivity contribution in [2.24, 2.45) is 0 Å². The van der Waals surface area contributed by atoms with Crippen molar-refractivity contribution in [1.29, 1.82) is 0 Å². The van der Waals surface area contributed by atoms with Gasteiger partial charge in [-0.1, -0.05) is 40.2 Å². The Balaban J connectivity index is 2.74. The van der Waals surface area contributed by atoms with Gasteiger partial charge in [0.2, 0.25) is 0 Å². The molecule has 0 fully saturated rings. The summed E-state index contributed by atoms with van der Waals surface area (Å²) in [6.45, 7) is 0. The fourth-order valence-electron chi connectivity index (χ4n) is 1.36. The van der Waals surface area contributed by atoms with E-state index in [2.05, 4.69) is 15.9 Å². The van der Waals surface area contributed by atoms with Crippen LogP contribution in [0.1, 0.15) is 5.56 Å². The molecule has 0 aliphatic rings. The van der Waals surface area contributed by atoms with Crippen molar-refractivity contribution >= 4 is 26.7 Å². The first-order valence-electron chi connectivity index (χ1n) is 4.04. The first-order chi connectivity index (χ1) is 6.31. The van der Waals surface area contributed by atoms with Gasteiger partial charge >= 0.3 is 0 Å². The molecule has 2 aromatic rings. The first kappa shape index (κ1) is 8.70. The molecule has 66 valence electrons. The molecule has 0 radical (unpaired) electrons. The van der Waals surface area contributed by atoms with Crippen LogP contribution < -0.4 is 0 Å². The van der Waals surface area contributed by atoms with Crippen molar-refractivity contribution in [1.82, 2.24) is 0 Å². The molecule has 0 amide bonds. The maximum Gasteiger partial charge on any atom is 0.131 e. The molecule has 0 N–H and O–H groups in total. The quantitative estimate of drug-likeness (QED) is 0.662. The van der Waals surface area contributed by atoms with E-state index in [0.29, 0.717) is 5.39 Å². The van der Waals surface area contributed by atoms with E-state index < -0.39 is 0 Å². The van der Waals surface area contributed by atoms with Crippen LogP contribution in [0.25, 0.3) is 10.8 Å². The van der Waals surface area contributed by atoms with E-state index in [9.17, 15) is 4.39 Å². The monoisotopic (exact) mass is 238 g/mol. The summed E-state index contributed by atoms with van der Waals surface area (Å²) < 4.78 is 13.3. The zero-order valence-corrected chi connectivity index (χ0v) is 8.51. The van der Waals surface area contributed by atoms with Crippen LogP contribution in [0.2, 0.25) is 0 Å². The van der Waals surface area contributed by atoms with Crippen molar-refractivity contribution in [2.45, 2.75) is 5.33 Å². The lowest BCUT2D eigenvalue weighted by atomic mass is 10.1. The molecule has 2 heteroatoms. The Morgan fingerprint density at radius 1 is 1.15 bits per heavy atom. The molecule has 0 heterocycles. The Hall–Kier alpha value is -0.890. The summed E-state index contributed by atoms with van der Waals surface area (Å²) in [4.78, 5) is 0. The van der Waals surface area contributed by atoms with Gasteiger partial charge in [0.05, 0.1) is 0 Å². The Labute approximate surface area is 84.5 Å². The van der Waals surface area contributed by atoms with Crippen LogP contribution in [0.5, 0.6) is 0 Å². The van der Waals surface area contributed by atoms with Gasteiger partial charge in [-0.15, -0.1) is 0 Å². The predicted molar refractivity (Wildman–Crippen MR) is 56.5 cm³/mol. The second-order valence-electron chi connectivity index (χ2n) is 2.93. The molecule has 0 aromatic heterocycles. The summed E-state index contributed by atoms with van der Waals surface area (Å²) in [5.41, 5.74) is 1.10. The Bertz CT molecular complexity index is 437. The van der Waals surface area contributed by atoms with Gasteiger partial charge in [-0.3, -0.25) is 0 Å². The molecule has 0 saturated carbocycles. The van der Waals surface area contributed by atoms with E-state index in [1.807, 2.05) is 24.3 Å². The summed E-state index contributed by atoms with van der Waals surface area (Å²) in [6.07, 6.45) is 0. The van der Waals surface area contributed by atoms with Crippen LogP contribution in [0.15, 0.2) is 36.4 Å². The number of benzene rings is 2. The summed E-state index contributed by atoms with van der Waals surface area (Å²) in [5, 5.41) is 2.40. The molecular formula is C11H8BrF. The van der Waals surface area contributed by atoms with Crippen molar-refractivity contribution in [3.05, 3.63) is 47.8 Å². The Morgan fingerprint density at radius 2 is 2.00 bits per heavy atom. The summed E-state index contributed by atoms with van der Waals surface area (Å²) in [6, 6.07) is 10.9. The van der Waals surface area contributed by atoms with Crippen LogP contribution in [0.3, 0.4) is 0 Å². The maximum absolute atomic E-state index is 13.3. The zero-order valence-electron chi connectivity index (χ0n) is 6.93. The molecule has 13 heavy (non-hydrogen) atoms. The largest absolute Gasteiger partial charge is 0.206 e. The van der Waals surface area contributed by atoms with Crippen LogP contribution in [0.4, 0.5) is 4.39 Å². The minimum atomic E-state index is -0.152. The molecular weight excluding hydrogens is 231 g/mol. The van der Waals surface area contributed by atoms with Gasteiger partial charge in [0.25, 0.3) is 0 Å². The number of alkyl halides is 1. The van der Waals surface area contributed by atoms with Crippen molar-refractivity contribution in [3.63, 3.8) is 0 Å². The molecule has 0 aliphatic carbocycles. The van der Waals surface area contributed by atoms with E-state index in [1.54, 1.807) is 6.07 Å². The van der Waals surface area contributed by atoms with Crippen molar-refractivity contribution < 1.29 is 4.39 Å². The standard InChI is InChI=1S/C11H8BrF/c12-7-8-4-5-9-2-1-3-11(13)10(9)6-8/h1-6H,7H2. The average Bonchev–Trinajstić information content (AvgIpc) is 2.18. The molecule has 0 bridgehead atoms. The topological polar surface area (TPSA) is 0 Å². The third kappa shape index (κ3) is 1.59. The van der Waals surface area contributed by atoms with Gasteiger partial charge in [-0.05, 0) is 23.1 Å².